The van der Waals surface area contributed by atoms with Crippen LogP contribution in [-0.2, 0) is 6.18 Å². The zero-order chi connectivity index (χ0) is 12.5. The molecule has 0 N–H and O–H groups in total. The fourth-order valence-corrected chi connectivity index (χ4v) is 1.69. The maximum Gasteiger partial charge on any atom is 0.421 e. The predicted octanol–water partition coefficient (Wildman–Crippen LogP) is 3.81. The third-order valence-corrected chi connectivity index (χ3v) is 2.48. The highest BCUT2D eigenvalue weighted by Gasteiger charge is 2.37. The number of halogens is 6. The molecule has 8 heteroatoms. The number of rotatable bonds is 2. The normalized spacial score (nSPS) is 12.0. The second-order valence-corrected chi connectivity index (χ2v) is 3.50. The third-order valence-electron chi connectivity index (χ3n) is 1.72. The summed E-state index contributed by atoms with van der Waals surface area (Å²) in [5.41, 5.74) is -1.99. The molecule has 0 saturated heterocycles. The molecule has 16 heavy (non-hydrogen) atoms. The summed E-state index contributed by atoms with van der Waals surface area (Å²) in [4.78, 5) is 3.06. The highest BCUT2D eigenvalue weighted by Crippen LogP contribution is 2.42. The van der Waals surface area contributed by atoms with E-state index in [0.29, 0.717) is 6.20 Å². The third kappa shape index (κ3) is 2.42. The molecule has 0 aliphatic rings. The van der Waals surface area contributed by atoms with E-state index in [1.54, 1.807) is 0 Å². The number of nitrogens with zero attached hydrogens (tertiary/aromatic N) is 1. The molecule has 90 valence electrons. The van der Waals surface area contributed by atoms with Gasteiger partial charge in [-0.2, -0.15) is 13.2 Å². The Bertz CT molecular complexity index is 393. The average Bonchev–Trinajstić information content (AvgIpc) is 2.15. The quantitative estimate of drug-likeness (QED) is 0.775. The van der Waals surface area contributed by atoms with Crippen LogP contribution in [0, 0.1) is 0 Å². The van der Waals surface area contributed by atoms with Crippen molar-refractivity contribution < 1.29 is 26.7 Å². The molecule has 0 aromatic carbocycles. The summed E-state index contributed by atoms with van der Waals surface area (Å²) in [6.07, 6.45) is -7.36. The number of ether oxygens (including phenoxy) is 1. The fraction of sp³-hybridized carbons (Fsp3) is 0.375. The van der Waals surface area contributed by atoms with Gasteiger partial charge in [-0.3, -0.25) is 4.98 Å². The van der Waals surface area contributed by atoms with Gasteiger partial charge in [-0.05, 0) is 15.9 Å². The second-order valence-electron chi connectivity index (χ2n) is 2.70. The van der Waals surface area contributed by atoms with E-state index in [0.717, 1.165) is 7.11 Å². The maximum atomic E-state index is 12.4. The molecule has 0 unspecified atom stereocenters. The van der Waals surface area contributed by atoms with Crippen molar-refractivity contribution in [2.75, 3.05) is 7.11 Å². The molecule has 1 aromatic heterocycles. The SMILES string of the molecule is COc1c(C(F)(F)F)cnc(C(F)F)c1Br. The number of aromatic nitrogens is 1. The average molecular weight is 306 g/mol. The largest absolute Gasteiger partial charge is 0.495 e. The Balaban J connectivity index is 3.41. The van der Waals surface area contributed by atoms with Crippen molar-refractivity contribution in [3.05, 3.63) is 21.9 Å². The summed E-state index contributed by atoms with van der Waals surface area (Å²) in [6, 6.07) is 0. The minimum Gasteiger partial charge on any atom is -0.495 e. The molecule has 0 saturated carbocycles. The lowest BCUT2D eigenvalue weighted by Crippen LogP contribution is -2.10. The highest BCUT2D eigenvalue weighted by molar-refractivity contribution is 9.10. The van der Waals surface area contributed by atoms with E-state index < -0.39 is 34.1 Å². The molecule has 0 atom stereocenters. The van der Waals surface area contributed by atoms with Gasteiger partial charge < -0.3 is 4.74 Å². The minimum atomic E-state index is -4.71. The van der Waals surface area contributed by atoms with Crippen molar-refractivity contribution in [3.8, 4) is 5.75 Å². The Morgan fingerprint density at radius 1 is 1.38 bits per heavy atom. The monoisotopic (exact) mass is 305 g/mol. The standard InChI is InChI=1S/C8H5BrF5NO/c1-16-6-3(8(12,13)14)2-15-5(4(6)9)7(10)11/h2,7H,1H3. The lowest BCUT2D eigenvalue weighted by molar-refractivity contribution is -0.139. The van der Waals surface area contributed by atoms with Crippen molar-refractivity contribution in [2.45, 2.75) is 12.6 Å². The molecule has 0 radical (unpaired) electrons. The number of hydrogen-bond donors (Lipinski definition) is 0. The van der Waals surface area contributed by atoms with Gasteiger partial charge in [-0.1, -0.05) is 0 Å². The maximum absolute atomic E-state index is 12.4. The highest BCUT2D eigenvalue weighted by atomic mass is 79.9. The van der Waals surface area contributed by atoms with Crippen LogP contribution in [0.4, 0.5) is 22.0 Å². The summed E-state index contributed by atoms with van der Waals surface area (Å²) in [5, 5.41) is 0. The van der Waals surface area contributed by atoms with Gasteiger partial charge in [0.1, 0.15) is 17.0 Å². The first-order valence-corrected chi connectivity index (χ1v) is 4.66. The van der Waals surface area contributed by atoms with E-state index in [2.05, 4.69) is 25.7 Å². The van der Waals surface area contributed by atoms with E-state index in [1.807, 2.05) is 0 Å². The van der Waals surface area contributed by atoms with Crippen LogP contribution >= 0.6 is 15.9 Å². The Hall–Kier alpha value is -0.920. The second kappa shape index (κ2) is 4.52. The van der Waals surface area contributed by atoms with Gasteiger partial charge in [0.15, 0.2) is 0 Å². The van der Waals surface area contributed by atoms with Crippen molar-refractivity contribution in [2.24, 2.45) is 0 Å². The molecular weight excluding hydrogens is 301 g/mol. The Kier molecular flexibility index (Phi) is 3.72. The van der Waals surface area contributed by atoms with E-state index >= 15 is 0 Å². The first-order chi connectivity index (χ1) is 7.29. The van der Waals surface area contributed by atoms with Gasteiger partial charge in [-0.15, -0.1) is 0 Å². The van der Waals surface area contributed by atoms with E-state index in [-0.39, 0.29) is 0 Å². The van der Waals surface area contributed by atoms with Crippen molar-refractivity contribution >= 4 is 15.9 Å². The molecule has 1 aromatic rings. The van der Waals surface area contributed by atoms with Crippen molar-refractivity contribution in [3.63, 3.8) is 0 Å². The van der Waals surface area contributed by atoms with Crippen molar-refractivity contribution in [1.29, 1.82) is 0 Å². The molecular formula is C8H5BrF5NO. The van der Waals surface area contributed by atoms with Crippen LogP contribution in [0.5, 0.6) is 5.75 Å². The van der Waals surface area contributed by atoms with E-state index in [9.17, 15) is 22.0 Å². The zero-order valence-corrected chi connectivity index (χ0v) is 9.36. The molecule has 2 nitrogen and oxygen atoms in total. The van der Waals surface area contributed by atoms with Gasteiger partial charge in [0.05, 0.1) is 11.6 Å². The van der Waals surface area contributed by atoms with Gasteiger partial charge >= 0.3 is 6.18 Å². The number of methoxy groups -OCH3 is 1. The molecule has 1 heterocycles. The molecule has 0 aliphatic heterocycles. The van der Waals surface area contributed by atoms with Crippen LogP contribution in [0.15, 0.2) is 10.7 Å². The molecule has 0 fully saturated rings. The van der Waals surface area contributed by atoms with Crippen molar-refractivity contribution in [1.82, 2.24) is 4.98 Å². The van der Waals surface area contributed by atoms with Gasteiger partial charge in [0.25, 0.3) is 6.43 Å². The van der Waals surface area contributed by atoms with Crippen LogP contribution in [0.25, 0.3) is 0 Å². The summed E-state index contributed by atoms with van der Waals surface area (Å²) >= 11 is 2.62. The van der Waals surface area contributed by atoms with Gasteiger partial charge in [0, 0.05) is 6.20 Å². The first-order valence-electron chi connectivity index (χ1n) is 3.86. The van der Waals surface area contributed by atoms with Gasteiger partial charge in [-0.25, -0.2) is 8.78 Å². The topological polar surface area (TPSA) is 22.1 Å². The van der Waals surface area contributed by atoms with Crippen LogP contribution in [-0.4, -0.2) is 12.1 Å². The van der Waals surface area contributed by atoms with Crippen LogP contribution in [0.2, 0.25) is 0 Å². The zero-order valence-electron chi connectivity index (χ0n) is 7.78. The molecule has 0 aliphatic carbocycles. The summed E-state index contributed by atoms with van der Waals surface area (Å²) in [7, 11) is 0.963. The summed E-state index contributed by atoms with van der Waals surface area (Å²) < 4.78 is 65.9. The minimum absolute atomic E-state index is 0.324. The number of pyridine rings is 1. The van der Waals surface area contributed by atoms with E-state index in [1.165, 1.54) is 0 Å². The number of alkyl halides is 5. The Labute approximate surface area is 95.6 Å². The van der Waals surface area contributed by atoms with Crippen LogP contribution in [0.3, 0.4) is 0 Å². The molecule has 0 bridgehead atoms. The van der Waals surface area contributed by atoms with Crippen LogP contribution < -0.4 is 4.74 Å². The Morgan fingerprint density at radius 2 is 1.94 bits per heavy atom. The van der Waals surface area contributed by atoms with Gasteiger partial charge in [0.2, 0.25) is 0 Å². The molecule has 1 rings (SSSR count). The smallest absolute Gasteiger partial charge is 0.421 e. The fourth-order valence-electron chi connectivity index (χ4n) is 1.04. The predicted molar refractivity (Wildman–Crippen MR) is 48.4 cm³/mol. The molecule has 0 amide bonds. The lowest BCUT2D eigenvalue weighted by atomic mass is 10.2. The Morgan fingerprint density at radius 3 is 2.31 bits per heavy atom. The molecule has 0 spiro atoms. The van der Waals surface area contributed by atoms with E-state index in [4.69, 9.17) is 0 Å². The number of hydrogen-bond acceptors (Lipinski definition) is 2. The lowest BCUT2D eigenvalue weighted by Gasteiger charge is -2.14. The summed E-state index contributed by atoms with van der Waals surface area (Å²) in [5.74, 6) is -0.696. The van der Waals surface area contributed by atoms with Crippen LogP contribution in [0.1, 0.15) is 17.7 Å². The summed E-state index contributed by atoms with van der Waals surface area (Å²) in [6.45, 7) is 0. The first kappa shape index (κ1) is 13.1.